The van der Waals surface area contributed by atoms with Gasteiger partial charge in [0.05, 0.1) is 34.5 Å². The summed E-state index contributed by atoms with van der Waals surface area (Å²) in [7, 11) is 5.89. The van der Waals surface area contributed by atoms with Crippen LogP contribution in [-0.4, -0.2) is 83.7 Å². The average Bonchev–Trinajstić information content (AvgIpc) is 3.74. The minimum atomic E-state index is -0.753. The average molecular weight is 721 g/mol. The van der Waals surface area contributed by atoms with Crippen LogP contribution in [0, 0.1) is 11.8 Å². The number of hydrogen-bond donors (Lipinski definition) is 2. The molecule has 0 radical (unpaired) electrons. The van der Waals surface area contributed by atoms with E-state index >= 15 is 0 Å². The molecule has 0 bridgehead atoms. The van der Waals surface area contributed by atoms with Crippen molar-refractivity contribution in [3.63, 3.8) is 0 Å². The molecule has 0 unspecified atom stereocenters. The van der Waals surface area contributed by atoms with Crippen molar-refractivity contribution in [1.82, 2.24) is 0 Å². The van der Waals surface area contributed by atoms with Crippen molar-refractivity contribution in [2.24, 2.45) is 11.8 Å². The van der Waals surface area contributed by atoms with Crippen LogP contribution in [0.4, 0.5) is 10.0 Å². The van der Waals surface area contributed by atoms with Gasteiger partial charge in [-0.25, -0.2) is 19.2 Å². The van der Waals surface area contributed by atoms with Crippen molar-refractivity contribution in [2.45, 2.75) is 25.7 Å². The number of nitrogens with one attached hydrogen (secondary N) is 1. The van der Waals surface area contributed by atoms with E-state index in [0.717, 1.165) is 9.70 Å². The first-order valence-electron chi connectivity index (χ1n) is 15.1. The molecule has 6 rings (SSSR count). The number of methoxy groups -OCH3 is 2. The van der Waals surface area contributed by atoms with E-state index in [0.29, 0.717) is 73.0 Å². The molecule has 0 aliphatic carbocycles. The topological polar surface area (TPSA) is 201 Å². The van der Waals surface area contributed by atoms with Crippen LogP contribution in [0.3, 0.4) is 0 Å². The first-order chi connectivity index (χ1) is 23.5. The van der Waals surface area contributed by atoms with E-state index in [-0.39, 0.29) is 28.9 Å². The number of ether oxygens (including phenoxy) is 4. The smallest absolute Gasteiger partial charge is 0.351 e. The third-order valence-electron chi connectivity index (χ3n) is 7.69. The Bertz CT molecular complexity index is 1910. The van der Waals surface area contributed by atoms with Gasteiger partial charge in [-0.15, -0.1) is 22.7 Å². The second-order valence-corrected chi connectivity index (χ2v) is 12.9. The zero-order valence-electron chi connectivity index (χ0n) is 27.2. The molecule has 1 amide bonds. The van der Waals surface area contributed by atoms with Crippen LogP contribution in [0.2, 0.25) is 0 Å². The highest BCUT2D eigenvalue weighted by molar-refractivity contribution is 7.23. The summed E-state index contributed by atoms with van der Waals surface area (Å²) in [5.41, 5.74) is -0.862. The maximum atomic E-state index is 12.6. The van der Waals surface area contributed by atoms with Crippen molar-refractivity contribution in [3.05, 3.63) is 56.2 Å². The van der Waals surface area contributed by atoms with E-state index in [1.807, 2.05) is 0 Å². The van der Waals surface area contributed by atoms with Gasteiger partial charge in [0.2, 0.25) is 5.91 Å². The molecule has 2 aliphatic rings. The lowest BCUT2D eigenvalue weighted by Gasteiger charge is -2.25. The Hall–Kier alpha value is -4.58. The number of esters is 2. The molecule has 15 nitrogen and oxygen atoms in total. The number of carboxylic acids is 1. The minimum Gasteiger partial charge on any atom is -0.481 e. The van der Waals surface area contributed by atoms with Gasteiger partial charge in [-0.05, 0) is 37.8 Å². The Kier molecular flexibility index (Phi) is 13.1. The van der Waals surface area contributed by atoms with E-state index < -0.39 is 29.2 Å². The van der Waals surface area contributed by atoms with Gasteiger partial charge in [0.15, 0.2) is 11.2 Å². The molecule has 0 atom stereocenters. The van der Waals surface area contributed by atoms with Crippen molar-refractivity contribution in [3.8, 4) is 0 Å². The van der Waals surface area contributed by atoms with Crippen LogP contribution in [0.5, 0.6) is 0 Å². The summed E-state index contributed by atoms with van der Waals surface area (Å²) < 4.78 is 30.8. The number of nitrogens with zero attached hydrogens (tertiary/aromatic N) is 1. The fraction of sp³-hybridized carbons (Fsp3) is 0.438. The molecular formula is C32H36N2O13S2. The quantitative estimate of drug-likeness (QED) is 0.268. The molecule has 0 saturated carbocycles. The van der Waals surface area contributed by atoms with Crippen molar-refractivity contribution in [2.75, 3.05) is 65.0 Å². The Morgan fingerprint density at radius 1 is 0.776 bits per heavy atom. The van der Waals surface area contributed by atoms with E-state index in [1.54, 1.807) is 31.1 Å². The zero-order valence-corrected chi connectivity index (χ0v) is 28.9. The summed E-state index contributed by atoms with van der Waals surface area (Å²) in [5.74, 6) is -2.31. The van der Waals surface area contributed by atoms with Crippen LogP contribution >= 0.6 is 22.7 Å². The number of carbonyl (C=O) groups excluding carboxylic acids is 3. The van der Waals surface area contributed by atoms with Crippen LogP contribution in [0.25, 0.3) is 20.6 Å². The second kappa shape index (κ2) is 17.2. The number of fused-ring (bicyclic) bond motifs is 2. The monoisotopic (exact) mass is 720 g/mol. The molecule has 2 N–H and O–H groups in total. The maximum absolute atomic E-state index is 12.6. The number of anilines is 2. The predicted octanol–water partition coefficient (Wildman–Crippen LogP) is 4.21. The normalized spacial score (nSPS) is 14.9. The molecule has 4 aromatic rings. The van der Waals surface area contributed by atoms with E-state index in [2.05, 4.69) is 14.8 Å². The summed E-state index contributed by atoms with van der Waals surface area (Å²) in [6.07, 6.45) is 2.76. The number of thiophene rings is 2. The highest BCUT2D eigenvalue weighted by Gasteiger charge is 2.27. The molecule has 264 valence electrons. The number of rotatable bonds is 6. The molecule has 0 spiro atoms. The number of carboxylic acid groups (broad SMARTS) is 1. The summed E-state index contributed by atoms with van der Waals surface area (Å²) in [4.78, 5) is 70.6. The largest absolute Gasteiger partial charge is 0.481 e. The summed E-state index contributed by atoms with van der Waals surface area (Å²) in [6, 6.07) is 6.27. The molecule has 2 fully saturated rings. The van der Waals surface area contributed by atoms with E-state index in [9.17, 15) is 28.8 Å². The molecule has 17 heteroatoms. The van der Waals surface area contributed by atoms with Crippen LogP contribution < -0.4 is 21.5 Å². The minimum absolute atomic E-state index is 0.0143. The molecule has 4 aromatic heterocycles. The van der Waals surface area contributed by atoms with Crippen molar-refractivity contribution < 1.29 is 52.1 Å². The van der Waals surface area contributed by atoms with Crippen LogP contribution in [0.1, 0.15) is 46.4 Å². The fourth-order valence-corrected chi connectivity index (χ4v) is 6.76. The molecule has 6 heterocycles. The lowest BCUT2D eigenvalue weighted by Crippen LogP contribution is -2.35. The highest BCUT2D eigenvalue weighted by Crippen LogP contribution is 2.33. The Morgan fingerprint density at radius 3 is 1.69 bits per heavy atom. The van der Waals surface area contributed by atoms with E-state index in [4.69, 9.17) is 23.4 Å². The molecule has 49 heavy (non-hydrogen) atoms. The van der Waals surface area contributed by atoms with Gasteiger partial charge in [-0.3, -0.25) is 9.59 Å². The van der Waals surface area contributed by atoms with Gasteiger partial charge >= 0.3 is 29.2 Å². The predicted molar refractivity (Wildman–Crippen MR) is 181 cm³/mol. The van der Waals surface area contributed by atoms with Crippen molar-refractivity contribution >= 4 is 77.1 Å². The van der Waals surface area contributed by atoms with E-state index in [1.165, 1.54) is 49.0 Å². The number of amides is 1. The second-order valence-electron chi connectivity index (χ2n) is 10.8. The van der Waals surface area contributed by atoms with Gasteiger partial charge in [-0.1, -0.05) is 0 Å². The lowest BCUT2D eigenvalue weighted by atomic mass is 9.99. The summed E-state index contributed by atoms with van der Waals surface area (Å²) in [5, 5.41) is 12.9. The SMILES string of the molecule is CNc1cc2oc(=O)c(C(=O)OC)cc2s1.COC(=O)c1cc2sc(N(C)C(=O)C3CCOCC3)cc2oc1=O.O=C(O)C1CCOCC1. The lowest BCUT2D eigenvalue weighted by molar-refractivity contribution is -0.144. The van der Waals surface area contributed by atoms with Gasteiger partial charge in [-0.2, -0.15) is 0 Å². The molecule has 2 saturated heterocycles. The standard InChI is InChI=1S/C16H17NO6S.C10H9NO4S.C6H10O3/c1-17(14(18)9-3-5-22-6-4-9)13-8-11-12(24-13)7-10(15(19)21-2)16(20)23-11;1-11-8-4-6-7(16-8)3-5(9(12)14-2)10(13)15-6;7-6(8)5-1-3-9-4-2-5/h7-9H,3-6H2,1-2H3;3-4,11H,1-2H3;5H,1-4H2,(H,7,8). The molecule has 2 aliphatic heterocycles. The third-order valence-corrected chi connectivity index (χ3v) is 9.91. The summed E-state index contributed by atoms with van der Waals surface area (Å²) >= 11 is 2.68. The maximum Gasteiger partial charge on any atom is 0.351 e. The summed E-state index contributed by atoms with van der Waals surface area (Å²) in [6.45, 7) is 2.40. The third kappa shape index (κ3) is 9.32. The van der Waals surface area contributed by atoms with Gasteiger partial charge in [0, 0.05) is 58.6 Å². The van der Waals surface area contributed by atoms with Crippen LogP contribution in [0.15, 0.2) is 42.7 Å². The number of aliphatic carboxylic acids is 1. The van der Waals surface area contributed by atoms with Gasteiger partial charge < -0.3 is 43.1 Å². The number of hydrogen-bond acceptors (Lipinski definition) is 15. The first-order valence-corrected chi connectivity index (χ1v) is 16.8. The highest BCUT2D eigenvalue weighted by atomic mass is 32.1. The number of carbonyl (C=O) groups is 4. The first kappa shape index (κ1) is 37.2. The Labute approximate surface area is 287 Å². The van der Waals surface area contributed by atoms with Crippen molar-refractivity contribution in [1.29, 1.82) is 0 Å². The molecule has 0 aromatic carbocycles. The van der Waals surface area contributed by atoms with Gasteiger partial charge in [0.1, 0.15) is 16.1 Å². The fourth-order valence-electron chi connectivity index (χ4n) is 4.88. The van der Waals surface area contributed by atoms with Crippen LogP contribution in [-0.2, 0) is 28.5 Å². The Morgan fingerprint density at radius 2 is 1.24 bits per heavy atom. The van der Waals surface area contributed by atoms with Gasteiger partial charge in [0.25, 0.3) is 0 Å². The zero-order chi connectivity index (χ0) is 35.7. The Balaban J connectivity index is 0.000000185. The molecular weight excluding hydrogens is 684 g/mol.